The summed E-state index contributed by atoms with van der Waals surface area (Å²) in [7, 11) is -4.37. The molecule has 1 saturated heterocycles. The molecule has 0 aromatic heterocycles. The highest BCUT2D eigenvalue weighted by Crippen LogP contribution is 2.40. The van der Waals surface area contributed by atoms with Gasteiger partial charge in [0.15, 0.2) is 0 Å². The Hall–Kier alpha value is -2.93. The van der Waals surface area contributed by atoms with Crippen LogP contribution in [-0.4, -0.2) is 24.7 Å². The summed E-state index contributed by atoms with van der Waals surface area (Å²) in [5.41, 5.74) is -0.429. The van der Waals surface area contributed by atoms with Gasteiger partial charge in [0.05, 0.1) is 4.90 Å². The van der Waals surface area contributed by atoms with Gasteiger partial charge in [0.2, 0.25) is 5.60 Å². The minimum atomic E-state index is -4.37. The third-order valence-electron chi connectivity index (χ3n) is 4.40. The Bertz CT molecular complexity index is 996. The number of cyclic esters (lactones) is 1. The van der Waals surface area contributed by atoms with Crippen molar-refractivity contribution in [2.45, 2.75) is 30.8 Å². The van der Waals surface area contributed by atoms with E-state index < -0.39 is 27.6 Å². The molecule has 3 rings (SSSR count). The summed E-state index contributed by atoms with van der Waals surface area (Å²) in [6.07, 6.45) is 2.22. The van der Waals surface area contributed by atoms with E-state index in [-0.39, 0.29) is 15.6 Å². The Kier molecular flexibility index (Phi) is 4.89. The van der Waals surface area contributed by atoms with E-state index >= 15 is 0 Å². The molecule has 0 spiro atoms. The number of rotatable bonds is 5. The van der Waals surface area contributed by atoms with Crippen LogP contribution in [0.3, 0.4) is 0 Å². The molecule has 1 heterocycles. The first kappa shape index (κ1) is 18.8. The van der Waals surface area contributed by atoms with Crippen LogP contribution in [0, 0.1) is 6.92 Å². The molecular formula is C20H19NO5S. The van der Waals surface area contributed by atoms with Gasteiger partial charge in [-0.05, 0) is 26.0 Å². The number of carbonyl (C=O) groups is 2. The van der Waals surface area contributed by atoms with Gasteiger partial charge >= 0.3 is 6.09 Å². The van der Waals surface area contributed by atoms with Crippen molar-refractivity contribution in [1.82, 2.24) is 4.31 Å². The Balaban J connectivity index is 2.10. The molecular weight excluding hydrogens is 366 g/mol. The zero-order valence-electron chi connectivity index (χ0n) is 15.0. The van der Waals surface area contributed by atoms with Crippen LogP contribution in [0.15, 0.2) is 71.6 Å². The second kappa shape index (κ2) is 7.00. The Morgan fingerprint density at radius 3 is 2.26 bits per heavy atom. The van der Waals surface area contributed by atoms with Gasteiger partial charge in [-0.15, -0.1) is 4.31 Å². The van der Waals surface area contributed by atoms with Gasteiger partial charge < -0.3 is 4.74 Å². The zero-order chi connectivity index (χ0) is 19.7. The minimum absolute atomic E-state index is 0.0397. The van der Waals surface area contributed by atoms with Crippen LogP contribution in [0.4, 0.5) is 4.79 Å². The number of sulfonamides is 1. The normalized spacial score (nSPS) is 20.3. The van der Waals surface area contributed by atoms with Crippen molar-refractivity contribution in [2.75, 3.05) is 0 Å². The number of amides is 2. The summed E-state index contributed by atoms with van der Waals surface area (Å²) in [4.78, 5) is 25.6. The summed E-state index contributed by atoms with van der Waals surface area (Å²) in [5, 5.41) is 0. The molecule has 2 aromatic carbocycles. The lowest BCUT2D eigenvalue weighted by Crippen LogP contribution is -2.41. The van der Waals surface area contributed by atoms with E-state index in [0.717, 1.165) is 5.56 Å². The largest absolute Gasteiger partial charge is 0.432 e. The van der Waals surface area contributed by atoms with Crippen LogP contribution < -0.4 is 0 Å². The number of imide groups is 1. The molecule has 0 aliphatic carbocycles. The van der Waals surface area contributed by atoms with Crippen molar-refractivity contribution in [3.05, 3.63) is 77.9 Å². The Morgan fingerprint density at radius 1 is 1.04 bits per heavy atom. The van der Waals surface area contributed by atoms with E-state index in [0.29, 0.717) is 5.56 Å². The van der Waals surface area contributed by atoms with Crippen LogP contribution in [0.2, 0.25) is 0 Å². The maximum atomic E-state index is 13.2. The van der Waals surface area contributed by atoms with Crippen molar-refractivity contribution in [3.8, 4) is 0 Å². The van der Waals surface area contributed by atoms with Gasteiger partial charge in [0.1, 0.15) is 0 Å². The number of hydrogen-bond donors (Lipinski definition) is 0. The fraction of sp³-hybridized carbons (Fsp3) is 0.200. The van der Waals surface area contributed by atoms with E-state index in [1.807, 2.05) is 6.92 Å². The highest BCUT2D eigenvalue weighted by molar-refractivity contribution is 7.90. The molecule has 2 aromatic rings. The van der Waals surface area contributed by atoms with Crippen molar-refractivity contribution >= 4 is 22.0 Å². The lowest BCUT2D eigenvalue weighted by atomic mass is 9.89. The zero-order valence-corrected chi connectivity index (χ0v) is 15.8. The number of hydrogen-bond acceptors (Lipinski definition) is 5. The molecule has 6 nitrogen and oxygen atoms in total. The molecule has 0 bridgehead atoms. The molecule has 0 radical (unpaired) electrons. The molecule has 2 amide bonds. The molecule has 1 unspecified atom stereocenters. The molecule has 0 N–H and O–H groups in total. The first-order chi connectivity index (χ1) is 12.8. The second-order valence-electron chi connectivity index (χ2n) is 6.22. The third kappa shape index (κ3) is 3.14. The standard InChI is InChI=1S/C20H19NO5S/c1-3-4-14-20(16-8-6-5-7-9-16)18(22)21(19(23)26-20)27(24,25)17-12-10-15(2)11-13-17/h3-13H,14H2,1-2H3/b4-3-. The van der Waals surface area contributed by atoms with Crippen molar-refractivity contribution < 1.29 is 22.7 Å². The monoisotopic (exact) mass is 385 g/mol. The lowest BCUT2D eigenvalue weighted by molar-refractivity contribution is -0.134. The Labute approximate surface area is 158 Å². The fourth-order valence-corrected chi connectivity index (χ4v) is 4.21. The van der Waals surface area contributed by atoms with Crippen LogP contribution in [0.5, 0.6) is 0 Å². The van der Waals surface area contributed by atoms with Crippen molar-refractivity contribution in [2.24, 2.45) is 0 Å². The van der Waals surface area contributed by atoms with Crippen LogP contribution in [0.1, 0.15) is 24.5 Å². The van der Waals surface area contributed by atoms with Crippen molar-refractivity contribution in [1.29, 1.82) is 0 Å². The molecule has 1 atom stereocenters. The van der Waals surface area contributed by atoms with E-state index in [9.17, 15) is 18.0 Å². The molecule has 140 valence electrons. The summed E-state index contributed by atoms with van der Waals surface area (Å²) in [6, 6.07) is 14.4. The molecule has 1 aliphatic rings. The number of nitrogens with zero attached hydrogens (tertiary/aromatic N) is 1. The highest BCUT2D eigenvalue weighted by atomic mass is 32.2. The lowest BCUT2D eigenvalue weighted by Gasteiger charge is -2.24. The number of benzene rings is 2. The van der Waals surface area contributed by atoms with Crippen LogP contribution in [0.25, 0.3) is 0 Å². The third-order valence-corrected chi connectivity index (χ3v) is 6.06. The molecule has 1 aliphatic heterocycles. The van der Waals surface area contributed by atoms with Gasteiger partial charge in [-0.2, -0.15) is 0 Å². The maximum Gasteiger partial charge on any atom is 0.432 e. The maximum absolute atomic E-state index is 13.2. The fourth-order valence-electron chi connectivity index (χ4n) is 2.92. The van der Waals surface area contributed by atoms with Gasteiger partial charge in [0, 0.05) is 12.0 Å². The first-order valence-corrected chi connectivity index (χ1v) is 9.83. The van der Waals surface area contributed by atoms with Gasteiger partial charge in [0.25, 0.3) is 15.9 Å². The van der Waals surface area contributed by atoms with Gasteiger partial charge in [-0.1, -0.05) is 60.2 Å². The van der Waals surface area contributed by atoms with E-state index in [1.54, 1.807) is 61.5 Å². The predicted molar refractivity (Wildman–Crippen MR) is 99.2 cm³/mol. The summed E-state index contributed by atoms with van der Waals surface area (Å²) < 4.78 is 31.5. The highest BCUT2D eigenvalue weighted by Gasteiger charge is 2.58. The van der Waals surface area contributed by atoms with Crippen molar-refractivity contribution in [3.63, 3.8) is 0 Å². The number of carbonyl (C=O) groups excluding carboxylic acids is 2. The molecule has 27 heavy (non-hydrogen) atoms. The molecule has 0 saturated carbocycles. The smallest absolute Gasteiger partial charge is 0.426 e. The summed E-state index contributed by atoms with van der Waals surface area (Å²) >= 11 is 0. The predicted octanol–water partition coefficient (Wildman–Crippen LogP) is 3.52. The van der Waals surface area contributed by atoms with Crippen LogP contribution >= 0.6 is 0 Å². The van der Waals surface area contributed by atoms with Gasteiger partial charge in [-0.3, -0.25) is 4.79 Å². The van der Waals surface area contributed by atoms with E-state index in [1.165, 1.54) is 12.1 Å². The number of allylic oxidation sites excluding steroid dienone is 1. The van der Waals surface area contributed by atoms with Gasteiger partial charge in [-0.25, -0.2) is 13.2 Å². The Morgan fingerprint density at radius 2 is 1.67 bits per heavy atom. The average Bonchev–Trinajstić information content (AvgIpc) is 2.92. The second-order valence-corrected chi connectivity index (χ2v) is 8.01. The molecule has 1 fully saturated rings. The minimum Gasteiger partial charge on any atom is -0.426 e. The average molecular weight is 385 g/mol. The summed E-state index contributed by atoms with van der Waals surface area (Å²) in [6.45, 7) is 3.57. The first-order valence-electron chi connectivity index (χ1n) is 8.39. The summed E-state index contributed by atoms with van der Waals surface area (Å²) in [5.74, 6) is -0.919. The van der Waals surface area contributed by atoms with E-state index in [4.69, 9.17) is 4.74 Å². The SMILES string of the molecule is C/C=C\CC1(c2ccccc2)OC(=O)N(S(=O)(=O)c2ccc(C)cc2)C1=O. The number of aryl methyl sites for hydroxylation is 1. The topological polar surface area (TPSA) is 80.8 Å². The quantitative estimate of drug-likeness (QED) is 0.736. The molecule has 7 heteroatoms. The van der Waals surface area contributed by atoms with Crippen LogP contribution in [-0.2, 0) is 25.2 Å². The van der Waals surface area contributed by atoms with E-state index in [2.05, 4.69) is 0 Å². The number of ether oxygens (including phenoxy) is 1.